The Hall–Kier alpha value is -1.88. The highest BCUT2D eigenvalue weighted by Gasteiger charge is 2.16. The highest BCUT2D eigenvalue weighted by Crippen LogP contribution is 2.27. The molecule has 130 valence electrons. The average Bonchev–Trinajstić information content (AvgIpc) is 2.88. The molecule has 1 aromatic heterocycles. The van der Waals surface area contributed by atoms with E-state index in [-0.39, 0.29) is 0 Å². The van der Waals surface area contributed by atoms with Crippen LogP contribution in [0.15, 0.2) is 24.3 Å². The Balaban J connectivity index is 1.90. The smallest absolute Gasteiger partial charge is 0.225 e. The molecule has 1 aliphatic rings. The molecule has 0 radical (unpaired) electrons. The van der Waals surface area contributed by atoms with Crippen LogP contribution in [0.3, 0.4) is 0 Å². The highest BCUT2D eigenvalue weighted by atomic mass is 15.2. The van der Waals surface area contributed by atoms with Crippen molar-refractivity contribution in [3.63, 3.8) is 0 Å². The van der Waals surface area contributed by atoms with Crippen LogP contribution in [-0.4, -0.2) is 54.6 Å². The van der Waals surface area contributed by atoms with Crippen LogP contribution in [0, 0.1) is 0 Å². The van der Waals surface area contributed by atoms with Gasteiger partial charge in [-0.1, -0.05) is 25.0 Å². The monoisotopic (exact) mass is 327 g/mol. The zero-order valence-electron chi connectivity index (χ0n) is 15.1. The first-order chi connectivity index (χ1) is 11.6. The lowest BCUT2D eigenvalue weighted by Crippen LogP contribution is -2.32. The molecule has 5 nitrogen and oxygen atoms in total. The molecule has 1 fully saturated rings. The van der Waals surface area contributed by atoms with Gasteiger partial charge in [0.05, 0.1) is 5.52 Å². The van der Waals surface area contributed by atoms with Crippen LogP contribution in [0.1, 0.15) is 32.6 Å². The Bertz CT molecular complexity index is 662. The summed E-state index contributed by atoms with van der Waals surface area (Å²) in [6, 6.07) is 8.78. The topological polar surface area (TPSA) is 44.3 Å². The number of fused-ring (bicyclic) bond motifs is 1. The predicted octanol–water partition coefficient (Wildman–Crippen LogP) is 3.37. The Kier molecular flexibility index (Phi) is 5.51. The molecule has 1 unspecified atom stereocenters. The minimum Gasteiger partial charge on any atom is -0.356 e. The summed E-state index contributed by atoms with van der Waals surface area (Å²) in [7, 11) is 4.19. The number of nitrogens with one attached hydrogen (secondary N) is 1. The molecule has 0 aliphatic carbocycles. The van der Waals surface area contributed by atoms with Crippen LogP contribution >= 0.6 is 0 Å². The van der Waals surface area contributed by atoms with E-state index >= 15 is 0 Å². The first-order valence-corrected chi connectivity index (χ1v) is 9.07. The quantitative estimate of drug-likeness (QED) is 0.912. The summed E-state index contributed by atoms with van der Waals surface area (Å²) in [5, 5.41) is 4.58. The Morgan fingerprint density at radius 3 is 2.50 bits per heavy atom. The lowest BCUT2D eigenvalue weighted by atomic mass is 10.2. The van der Waals surface area contributed by atoms with E-state index in [0.29, 0.717) is 6.04 Å². The highest BCUT2D eigenvalue weighted by molar-refractivity contribution is 5.90. The normalized spacial score (nSPS) is 17.1. The van der Waals surface area contributed by atoms with Crippen LogP contribution in [0.5, 0.6) is 0 Å². The third-order valence-corrected chi connectivity index (χ3v) is 4.93. The van der Waals surface area contributed by atoms with Gasteiger partial charge in [0.15, 0.2) is 0 Å². The first-order valence-electron chi connectivity index (χ1n) is 9.07. The second-order valence-corrected chi connectivity index (χ2v) is 6.98. The lowest BCUT2D eigenvalue weighted by molar-refractivity contribution is 0.326. The van der Waals surface area contributed by atoms with Crippen molar-refractivity contribution in [3.8, 4) is 0 Å². The molecule has 1 atom stereocenters. The van der Waals surface area contributed by atoms with Gasteiger partial charge in [0.25, 0.3) is 0 Å². The average molecular weight is 327 g/mol. The van der Waals surface area contributed by atoms with Crippen LogP contribution in [0.2, 0.25) is 0 Å². The van der Waals surface area contributed by atoms with Crippen molar-refractivity contribution in [2.75, 3.05) is 43.9 Å². The zero-order valence-corrected chi connectivity index (χ0v) is 15.1. The number of anilines is 2. The zero-order chi connectivity index (χ0) is 16.9. The number of benzene rings is 1. The van der Waals surface area contributed by atoms with Gasteiger partial charge >= 0.3 is 0 Å². The minimum absolute atomic E-state index is 0.432. The summed E-state index contributed by atoms with van der Waals surface area (Å²) >= 11 is 0. The summed E-state index contributed by atoms with van der Waals surface area (Å²) in [5.41, 5.74) is 1.02. The van der Waals surface area contributed by atoms with Gasteiger partial charge in [0.2, 0.25) is 5.95 Å². The maximum Gasteiger partial charge on any atom is 0.225 e. The molecular weight excluding hydrogens is 298 g/mol. The summed E-state index contributed by atoms with van der Waals surface area (Å²) < 4.78 is 0. The van der Waals surface area contributed by atoms with Crippen LogP contribution in [-0.2, 0) is 0 Å². The molecule has 0 bridgehead atoms. The van der Waals surface area contributed by atoms with Crippen molar-refractivity contribution in [2.24, 2.45) is 0 Å². The van der Waals surface area contributed by atoms with Crippen molar-refractivity contribution in [3.05, 3.63) is 24.3 Å². The maximum absolute atomic E-state index is 4.88. The molecule has 24 heavy (non-hydrogen) atoms. The van der Waals surface area contributed by atoms with Gasteiger partial charge in [-0.05, 0) is 46.0 Å². The van der Waals surface area contributed by atoms with Gasteiger partial charge in [-0.15, -0.1) is 0 Å². The molecule has 1 saturated heterocycles. The number of rotatable bonds is 5. The van der Waals surface area contributed by atoms with Gasteiger partial charge in [0.1, 0.15) is 5.82 Å². The third kappa shape index (κ3) is 3.96. The molecule has 0 spiro atoms. The maximum atomic E-state index is 4.88. The van der Waals surface area contributed by atoms with E-state index in [1.165, 1.54) is 25.7 Å². The summed E-state index contributed by atoms with van der Waals surface area (Å²) in [6.45, 7) is 5.22. The molecule has 1 N–H and O–H groups in total. The molecule has 5 heteroatoms. The molecule has 2 aromatic rings. The van der Waals surface area contributed by atoms with Crippen molar-refractivity contribution in [1.82, 2.24) is 14.9 Å². The second kappa shape index (κ2) is 7.79. The number of aromatic nitrogens is 2. The van der Waals surface area contributed by atoms with E-state index in [1.54, 1.807) is 0 Å². The van der Waals surface area contributed by atoms with E-state index in [0.717, 1.165) is 42.3 Å². The van der Waals surface area contributed by atoms with Gasteiger partial charge < -0.3 is 15.1 Å². The Morgan fingerprint density at radius 2 is 1.79 bits per heavy atom. The molecule has 0 amide bonds. The molecule has 1 aromatic carbocycles. The summed E-state index contributed by atoms with van der Waals surface area (Å²) in [4.78, 5) is 14.2. The molecule has 1 aliphatic heterocycles. The van der Waals surface area contributed by atoms with E-state index < -0.39 is 0 Å². The Morgan fingerprint density at radius 1 is 1.08 bits per heavy atom. The molecule has 2 heterocycles. The number of hydrogen-bond acceptors (Lipinski definition) is 5. The SMILES string of the molecule is CC(CNc1nc(N2CCCCCC2)c2ccccc2n1)N(C)C. The van der Waals surface area contributed by atoms with Crippen LogP contribution in [0.25, 0.3) is 10.9 Å². The summed E-state index contributed by atoms with van der Waals surface area (Å²) in [5.74, 6) is 1.82. The summed E-state index contributed by atoms with van der Waals surface area (Å²) in [6.07, 6.45) is 5.15. The lowest BCUT2D eigenvalue weighted by Gasteiger charge is -2.24. The third-order valence-electron chi connectivity index (χ3n) is 4.93. The van der Waals surface area contributed by atoms with Crippen molar-refractivity contribution < 1.29 is 0 Å². The standard InChI is InChI=1S/C19H29N5/c1-15(23(2)3)14-20-19-21-17-11-7-6-10-16(17)18(22-19)24-12-8-4-5-9-13-24/h6-7,10-11,15H,4-5,8-9,12-14H2,1-3H3,(H,20,21,22). The van der Waals surface area contributed by atoms with Crippen molar-refractivity contribution in [2.45, 2.75) is 38.6 Å². The fraction of sp³-hybridized carbons (Fsp3) is 0.579. The molecule has 0 saturated carbocycles. The molecular formula is C19H29N5. The van der Waals surface area contributed by atoms with Gasteiger partial charge in [-0.25, -0.2) is 4.98 Å². The van der Waals surface area contributed by atoms with Crippen molar-refractivity contribution in [1.29, 1.82) is 0 Å². The Labute approximate surface area is 145 Å². The van der Waals surface area contributed by atoms with Crippen LogP contribution in [0.4, 0.5) is 11.8 Å². The predicted molar refractivity (Wildman–Crippen MR) is 102 cm³/mol. The number of hydrogen-bond donors (Lipinski definition) is 1. The number of likely N-dealkylation sites (N-methyl/N-ethyl adjacent to an activating group) is 1. The second-order valence-electron chi connectivity index (χ2n) is 6.98. The number of nitrogens with zero attached hydrogens (tertiary/aromatic N) is 4. The first kappa shape index (κ1) is 17.0. The largest absolute Gasteiger partial charge is 0.356 e. The van der Waals surface area contributed by atoms with Crippen molar-refractivity contribution >= 4 is 22.7 Å². The fourth-order valence-corrected chi connectivity index (χ4v) is 3.08. The van der Waals surface area contributed by atoms with E-state index in [2.05, 4.69) is 54.3 Å². The van der Waals surface area contributed by atoms with Gasteiger partial charge in [-0.2, -0.15) is 4.98 Å². The van der Waals surface area contributed by atoms with Crippen LogP contribution < -0.4 is 10.2 Å². The van der Waals surface area contributed by atoms with E-state index in [9.17, 15) is 0 Å². The minimum atomic E-state index is 0.432. The van der Waals surface area contributed by atoms with E-state index in [1.807, 2.05) is 6.07 Å². The van der Waals surface area contributed by atoms with E-state index in [4.69, 9.17) is 9.97 Å². The van der Waals surface area contributed by atoms with Gasteiger partial charge in [-0.3, -0.25) is 0 Å². The fourth-order valence-electron chi connectivity index (χ4n) is 3.08. The molecule has 3 rings (SSSR count). The number of para-hydroxylation sites is 1. The van der Waals surface area contributed by atoms with Gasteiger partial charge in [0, 0.05) is 31.1 Å².